The van der Waals surface area contributed by atoms with E-state index in [1.807, 2.05) is 34.7 Å². The summed E-state index contributed by atoms with van der Waals surface area (Å²) in [5.74, 6) is 0.436. The first kappa shape index (κ1) is 28.1. The van der Waals surface area contributed by atoms with Gasteiger partial charge in [0.1, 0.15) is 28.5 Å². The molecule has 45 heavy (non-hydrogen) atoms. The molecule has 2 aliphatic carbocycles. The number of pyridine rings is 1. The lowest BCUT2D eigenvalue weighted by Gasteiger charge is -2.27. The highest BCUT2D eigenvalue weighted by atomic mass is 19.1. The van der Waals surface area contributed by atoms with Crippen LogP contribution in [0.25, 0.3) is 44.8 Å². The van der Waals surface area contributed by atoms with Gasteiger partial charge in [0.25, 0.3) is 5.91 Å². The minimum atomic E-state index is -0.810. The molecule has 0 spiro atoms. The standard InChI is InChI=1S/C34H34F2N6O3/c1-40-31-26(11-21(13-29(31)45-2)34(44)42-15-19-6-8-27(42)30(19)37)39-33(40)28-12-18-5-7-25(38-32(18)41(28)14-17-3-4-17)20-9-23(35)22(16-43)24(36)10-20/h5,7,9-13,17,19,27,30,43H,3-4,6,8,14-16,37H2,1-2H3/t19-,27-,30-/m1/s1. The molecule has 0 radical (unpaired) electrons. The maximum Gasteiger partial charge on any atom is 0.254 e. The van der Waals surface area contributed by atoms with Crippen molar-refractivity contribution in [1.29, 1.82) is 0 Å². The number of halogens is 2. The van der Waals surface area contributed by atoms with Gasteiger partial charge >= 0.3 is 0 Å². The number of rotatable bonds is 7. The zero-order chi connectivity index (χ0) is 31.1. The Morgan fingerprint density at radius 3 is 2.49 bits per heavy atom. The Labute approximate surface area is 258 Å². The molecule has 1 saturated heterocycles. The smallest absolute Gasteiger partial charge is 0.254 e. The fourth-order valence-corrected chi connectivity index (χ4v) is 7.39. The molecule has 3 aromatic heterocycles. The Kier molecular flexibility index (Phi) is 6.47. The number of fused-ring (bicyclic) bond motifs is 4. The van der Waals surface area contributed by atoms with Crippen LogP contribution in [0.4, 0.5) is 8.78 Å². The highest BCUT2D eigenvalue weighted by molar-refractivity contribution is 6.00. The average molecular weight is 613 g/mol. The number of hydrogen-bond donors (Lipinski definition) is 2. The Morgan fingerprint density at radius 1 is 1.07 bits per heavy atom. The predicted molar refractivity (Wildman–Crippen MR) is 166 cm³/mol. The second-order valence-electron chi connectivity index (χ2n) is 12.7. The van der Waals surface area contributed by atoms with E-state index in [2.05, 4.69) is 4.57 Å². The van der Waals surface area contributed by atoms with Crippen LogP contribution in [0.2, 0.25) is 0 Å². The van der Waals surface area contributed by atoms with Crippen molar-refractivity contribution in [3.05, 3.63) is 65.2 Å². The highest BCUT2D eigenvalue weighted by Crippen LogP contribution is 2.40. The summed E-state index contributed by atoms with van der Waals surface area (Å²) in [5, 5.41) is 10.2. The van der Waals surface area contributed by atoms with Gasteiger partial charge in [-0.25, -0.2) is 18.7 Å². The number of methoxy groups -OCH3 is 1. The van der Waals surface area contributed by atoms with E-state index >= 15 is 0 Å². The molecule has 3 aliphatic rings. The monoisotopic (exact) mass is 612 g/mol. The average Bonchev–Trinajstić information content (AvgIpc) is 3.44. The van der Waals surface area contributed by atoms with Crippen LogP contribution in [0.5, 0.6) is 5.75 Å². The largest absolute Gasteiger partial charge is 0.494 e. The molecule has 11 heteroatoms. The van der Waals surface area contributed by atoms with Crippen molar-refractivity contribution in [1.82, 2.24) is 24.0 Å². The van der Waals surface area contributed by atoms with Gasteiger partial charge in [-0.3, -0.25) is 4.79 Å². The fraction of sp³-hybridized carbons (Fsp3) is 0.382. The van der Waals surface area contributed by atoms with Gasteiger partial charge in [0.05, 0.1) is 30.6 Å². The van der Waals surface area contributed by atoms with E-state index in [1.54, 1.807) is 19.2 Å². The number of aliphatic hydroxyl groups is 1. The molecule has 8 rings (SSSR count). The van der Waals surface area contributed by atoms with Gasteiger partial charge in [-0.2, -0.15) is 0 Å². The molecule has 3 atom stereocenters. The lowest BCUT2D eigenvalue weighted by Crippen LogP contribution is -2.41. The summed E-state index contributed by atoms with van der Waals surface area (Å²) in [6.45, 7) is 0.687. The zero-order valence-electron chi connectivity index (χ0n) is 25.1. The predicted octanol–water partition coefficient (Wildman–Crippen LogP) is 5.01. The number of hydrogen-bond acceptors (Lipinski definition) is 6. The van der Waals surface area contributed by atoms with Crippen LogP contribution in [-0.4, -0.2) is 60.8 Å². The van der Waals surface area contributed by atoms with Gasteiger partial charge in [0.15, 0.2) is 5.82 Å². The molecular formula is C34H34F2N6O3. The third-order valence-electron chi connectivity index (χ3n) is 10.0. The number of nitrogens with two attached hydrogens (primary N) is 1. The zero-order valence-corrected chi connectivity index (χ0v) is 25.1. The minimum Gasteiger partial charge on any atom is -0.494 e. The number of aryl methyl sites for hydroxylation is 1. The number of nitrogens with zero attached hydrogens (tertiary/aromatic N) is 5. The summed E-state index contributed by atoms with van der Waals surface area (Å²) in [4.78, 5) is 25.5. The number of aliphatic hydroxyl groups excluding tert-OH is 1. The van der Waals surface area contributed by atoms with Crippen molar-refractivity contribution in [3.63, 3.8) is 0 Å². The maximum absolute atomic E-state index is 14.5. The number of aromatic nitrogens is 4. The Bertz CT molecular complexity index is 1990. The van der Waals surface area contributed by atoms with E-state index in [1.165, 1.54) is 12.1 Å². The van der Waals surface area contributed by atoms with Crippen molar-refractivity contribution in [2.75, 3.05) is 13.7 Å². The van der Waals surface area contributed by atoms with Crippen molar-refractivity contribution >= 4 is 28.0 Å². The molecule has 2 bridgehead atoms. The summed E-state index contributed by atoms with van der Waals surface area (Å²) in [6, 6.07) is 11.8. The molecular weight excluding hydrogens is 578 g/mol. The number of carbonyl (C=O) groups is 1. The van der Waals surface area contributed by atoms with Crippen LogP contribution in [0, 0.1) is 23.5 Å². The first-order valence-electron chi connectivity index (χ1n) is 15.5. The molecule has 2 aromatic carbocycles. The third-order valence-corrected chi connectivity index (χ3v) is 10.0. The summed E-state index contributed by atoms with van der Waals surface area (Å²) >= 11 is 0. The Hall–Kier alpha value is -4.35. The summed E-state index contributed by atoms with van der Waals surface area (Å²) in [5.41, 5.74) is 10.2. The van der Waals surface area contributed by atoms with E-state index in [9.17, 15) is 18.7 Å². The number of ether oxygens (including phenoxy) is 1. The molecule has 2 saturated carbocycles. The van der Waals surface area contributed by atoms with E-state index in [4.69, 9.17) is 20.4 Å². The minimum absolute atomic E-state index is 0.0292. The first-order chi connectivity index (χ1) is 21.7. The molecule has 3 N–H and O–H groups in total. The third kappa shape index (κ3) is 4.43. The molecule has 1 amide bonds. The molecule has 3 fully saturated rings. The van der Waals surface area contributed by atoms with Crippen LogP contribution in [0.1, 0.15) is 41.6 Å². The molecule has 232 valence electrons. The molecule has 4 heterocycles. The van der Waals surface area contributed by atoms with E-state index in [-0.39, 0.29) is 23.6 Å². The molecule has 0 unspecified atom stereocenters. The van der Waals surface area contributed by atoms with Gasteiger partial charge in [-0.15, -0.1) is 0 Å². The van der Waals surface area contributed by atoms with Crippen LogP contribution < -0.4 is 10.5 Å². The van der Waals surface area contributed by atoms with E-state index in [0.717, 1.165) is 48.8 Å². The first-order valence-corrected chi connectivity index (χ1v) is 15.5. The summed E-state index contributed by atoms with van der Waals surface area (Å²) < 4.78 is 39.0. The number of imidazole rings is 1. The Balaban J connectivity index is 1.24. The van der Waals surface area contributed by atoms with Gasteiger partial charge in [-0.05, 0) is 80.0 Å². The van der Waals surface area contributed by atoms with E-state index in [0.29, 0.717) is 57.9 Å². The van der Waals surface area contributed by atoms with Gasteiger partial charge < -0.3 is 29.6 Å². The lowest BCUT2D eigenvalue weighted by atomic mass is 10.1. The van der Waals surface area contributed by atoms with Crippen LogP contribution >= 0.6 is 0 Å². The van der Waals surface area contributed by atoms with Crippen molar-refractivity contribution in [2.45, 2.75) is 50.9 Å². The fourth-order valence-electron chi connectivity index (χ4n) is 7.39. The lowest BCUT2D eigenvalue weighted by molar-refractivity contribution is 0.0700. The van der Waals surface area contributed by atoms with Gasteiger partial charge in [-0.1, -0.05) is 0 Å². The number of benzene rings is 2. The summed E-state index contributed by atoms with van der Waals surface area (Å²) in [7, 11) is 3.52. The molecule has 9 nitrogen and oxygen atoms in total. The van der Waals surface area contributed by atoms with Crippen molar-refractivity contribution < 1.29 is 23.4 Å². The number of piperidine rings is 1. The van der Waals surface area contributed by atoms with Crippen molar-refractivity contribution in [2.24, 2.45) is 24.6 Å². The number of likely N-dealkylation sites (tertiary alicyclic amines) is 1. The molecule has 1 aliphatic heterocycles. The second-order valence-corrected chi connectivity index (χ2v) is 12.7. The van der Waals surface area contributed by atoms with Crippen molar-refractivity contribution in [3.8, 4) is 28.5 Å². The Morgan fingerprint density at radius 2 is 1.84 bits per heavy atom. The van der Waals surface area contributed by atoms with Gasteiger partial charge in [0, 0.05) is 54.3 Å². The second kappa shape index (κ2) is 10.3. The number of amides is 1. The summed E-state index contributed by atoms with van der Waals surface area (Å²) in [6.07, 6.45) is 4.23. The maximum atomic E-state index is 14.5. The van der Waals surface area contributed by atoms with Gasteiger partial charge in [0.2, 0.25) is 0 Å². The quantitative estimate of drug-likeness (QED) is 0.268. The van der Waals surface area contributed by atoms with Crippen LogP contribution in [0.3, 0.4) is 0 Å². The van der Waals surface area contributed by atoms with Crippen LogP contribution in [0.15, 0.2) is 42.5 Å². The SMILES string of the molecule is COc1cc(C(=O)N2C[C@H]3CC[C@@H]2[C@@H]3N)cc2nc(-c3cc4ccc(-c5cc(F)c(CO)c(F)c5)nc4n3CC3CC3)n(C)c12. The normalized spacial score (nSPS) is 21.0. The highest BCUT2D eigenvalue weighted by Gasteiger charge is 2.47. The van der Waals surface area contributed by atoms with Crippen LogP contribution in [-0.2, 0) is 20.2 Å². The topological polar surface area (TPSA) is 111 Å². The molecule has 5 aromatic rings. The number of carbonyl (C=O) groups excluding carboxylic acids is 1. The van der Waals surface area contributed by atoms with E-state index < -0.39 is 18.2 Å².